The first-order valence-electron chi connectivity index (χ1n) is 10.4. The van der Waals surface area contributed by atoms with Gasteiger partial charge in [-0.25, -0.2) is 9.97 Å². The number of piperidine rings is 1. The first-order chi connectivity index (χ1) is 15.1. The van der Waals surface area contributed by atoms with Crippen molar-refractivity contribution in [1.29, 1.82) is 0 Å². The average molecular weight is 438 g/mol. The summed E-state index contributed by atoms with van der Waals surface area (Å²) < 4.78 is 10.8. The summed E-state index contributed by atoms with van der Waals surface area (Å²) in [5, 5.41) is 10.1. The zero-order chi connectivity index (χ0) is 21.4. The van der Waals surface area contributed by atoms with Gasteiger partial charge in [-0.3, -0.25) is 15.0 Å². The van der Waals surface area contributed by atoms with Crippen LogP contribution in [0.3, 0.4) is 0 Å². The van der Waals surface area contributed by atoms with Crippen molar-refractivity contribution >= 4 is 33.5 Å². The van der Waals surface area contributed by atoms with E-state index in [4.69, 9.17) is 8.94 Å². The standard InChI is InChI=1S/C22H23N5O3S/c1-13-5-7-27(8-6-13)11-15-12-31-22(23-15)25-20(28)16-10-17(18-4-3-9-29-18)24-21-19(16)14(2)26-30-21/h3-4,9-10,12-13H,5-8,11H2,1-2H3,(H,23,25,28). The molecule has 0 atom stereocenters. The third-order valence-corrected chi connectivity index (χ3v) is 6.48. The number of nitrogens with zero attached hydrogens (tertiary/aromatic N) is 4. The number of carbonyl (C=O) groups excluding carboxylic acids is 1. The summed E-state index contributed by atoms with van der Waals surface area (Å²) in [7, 11) is 0. The number of thiazole rings is 1. The monoisotopic (exact) mass is 437 g/mol. The predicted octanol–water partition coefficient (Wildman–Crippen LogP) is 4.73. The van der Waals surface area contributed by atoms with Crippen molar-refractivity contribution in [2.24, 2.45) is 5.92 Å². The Hall–Kier alpha value is -3.04. The summed E-state index contributed by atoms with van der Waals surface area (Å²) in [6, 6.07) is 5.25. The largest absolute Gasteiger partial charge is 0.463 e. The molecule has 0 bridgehead atoms. The van der Waals surface area contributed by atoms with Crippen LogP contribution in [0.1, 0.15) is 41.5 Å². The average Bonchev–Trinajstić information content (AvgIpc) is 3.51. The van der Waals surface area contributed by atoms with Crippen LogP contribution in [0.5, 0.6) is 0 Å². The molecule has 0 unspecified atom stereocenters. The first-order valence-corrected chi connectivity index (χ1v) is 11.2. The Balaban J connectivity index is 1.37. The highest BCUT2D eigenvalue weighted by molar-refractivity contribution is 7.14. The van der Waals surface area contributed by atoms with E-state index < -0.39 is 0 Å². The van der Waals surface area contributed by atoms with Gasteiger partial charge < -0.3 is 8.94 Å². The number of hydrogen-bond acceptors (Lipinski definition) is 8. The number of likely N-dealkylation sites (tertiary alicyclic amines) is 1. The zero-order valence-corrected chi connectivity index (χ0v) is 18.2. The number of anilines is 1. The van der Waals surface area contributed by atoms with E-state index in [1.165, 1.54) is 24.2 Å². The van der Waals surface area contributed by atoms with Gasteiger partial charge in [0.25, 0.3) is 11.6 Å². The van der Waals surface area contributed by atoms with E-state index in [1.807, 2.05) is 5.38 Å². The maximum atomic E-state index is 13.2. The van der Waals surface area contributed by atoms with Crippen molar-refractivity contribution < 1.29 is 13.7 Å². The number of hydrogen-bond donors (Lipinski definition) is 1. The van der Waals surface area contributed by atoms with Crippen molar-refractivity contribution in [3.8, 4) is 11.5 Å². The SMILES string of the molecule is Cc1noc2nc(-c3ccco3)cc(C(=O)Nc3nc(CN4CCC(C)CC4)cs3)c12. The van der Waals surface area contributed by atoms with Crippen molar-refractivity contribution in [3.63, 3.8) is 0 Å². The van der Waals surface area contributed by atoms with Crippen molar-refractivity contribution in [2.75, 3.05) is 18.4 Å². The normalized spacial score (nSPS) is 15.5. The van der Waals surface area contributed by atoms with Gasteiger partial charge >= 0.3 is 0 Å². The highest BCUT2D eigenvalue weighted by atomic mass is 32.1. The van der Waals surface area contributed by atoms with E-state index in [2.05, 4.69) is 32.3 Å². The number of carbonyl (C=O) groups is 1. The molecule has 1 amide bonds. The maximum Gasteiger partial charge on any atom is 0.259 e. The second kappa shape index (κ2) is 8.24. The fourth-order valence-corrected chi connectivity index (χ4v) is 4.57. The number of aryl methyl sites for hydroxylation is 1. The van der Waals surface area contributed by atoms with Crippen LogP contribution in [0.15, 0.2) is 38.8 Å². The van der Waals surface area contributed by atoms with Crippen LogP contribution in [-0.4, -0.2) is 39.0 Å². The highest BCUT2D eigenvalue weighted by Crippen LogP contribution is 2.28. The Morgan fingerprint density at radius 2 is 2.16 bits per heavy atom. The lowest BCUT2D eigenvalue weighted by Gasteiger charge is -2.29. The number of pyridine rings is 1. The van der Waals surface area contributed by atoms with Gasteiger partial charge in [-0.2, -0.15) is 0 Å². The molecule has 160 valence electrons. The fraction of sp³-hybridized carbons (Fsp3) is 0.364. The molecule has 0 saturated carbocycles. The smallest absolute Gasteiger partial charge is 0.259 e. The lowest BCUT2D eigenvalue weighted by atomic mass is 9.99. The van der Waals surface area contributed by atoms with Crippen LogP contribution < -0.4 is 5.32 Å². The molecule has 0 spiro atoms. The Labute approximate surface area is 183 Å². The molecule has 8 nitrogen and oxygen atoms in total. The summed E-state index contributed by atoms with van der Waals surface area (Å²) in [6.07, 6.45) is 4.01. The van der Waals surface area contributed by atoms with E-state index in [0.29, 0.717) is 38.9 Å². The second-order valence-corrected chi connectivity index (χ2v) is 8.90. The molecule has 1 N–H and O–H groups in total. The highest BCUT2D eigenvalue weighted by Gasteiger charge is 2.22. The quantitative estimate of drug-likeness (QED) is 0.482. The van der Waals surface area contributed by atoms with E-state index >= 15 is 0 Å². The number of fused-ring (bicyclic) bond motifs is 1. The summed E-state index contributed by atoms with van der Waals surface area (Å²) >= 11 is 1.43. The molecule has 1 aliphatic heterocycles. The third-order valence-electron chi connectivity index (χ3n) is 5.67. The van der Waals surface area contributed by atoms with Gasteiger partial charge in [-0.15, -0.1) is 11.3 Å². The Bertz CT molecular complexity index is 1210. The van der Waals surface area contributed by atoms with Gasteiger partial charge in [-0.05, 0) is 57.0 Å². The van der Waals surface area contributed by atoms with Gasteiger partial charge in [0.2, 0.25) is 0 Å². The van der Waals surface area contributed by atoms with E-state index in [9.17, 15) is 4.79 Å². The second-order valence-electron chi connectivity index (χ2n) is 8.04. The molecule has 31 heavy (non-hydrogen) atoms. The van der Waals surface area contributed by atoms with Crippen molar-refractivity contribution in [3.05, 3.63) is 46.8 Å². The minimum absolute atomic E-state index is 0.279. The summed E-state index contributed by atoms with van der Waals surface area (Å²) in [5.41, 5.74) is 2.83. The van der Waals surface area contributed by atoms with Gasteiger partial charge in [0, 0.05) is 11.9 Å². The molecule has 5 heterocycles. The van der Waals surface area contributed by atoms with Crippen molar-refractivity contribution in [2.45, 2.75) is 33.2 Å². The summed E-state index contributed by atoms with van der Waals surface area (Å²) in [5.74, 6) is 1.07. The molecular weight excluding hydrogens is 414 g/mol. The fourth-order valence-electron chi connectivity index (χ4n) is 3.88. The van der Waals surface area contributed by atoms with Gasteiger partial charge in [0.1, 0.15) is 5.69 Å². The number of amides is 1. The zero-order valence-electron chi connectivity index (χ0n) is 17.4. The topological polar surface area (TPSA) is 97.3 Å². The number of furan rings is 1. The lowest BCUT2D eigenvalue weighted by Crippen LogP contribution is -2.32. The minimum atomic E-state index is -0.279. The molecular formula is C22H23N5O3S. The van der Waals surface area contributed by atoms with Crippen LogP contribution in [0.2, 0.25) is 0 Å². The lowest BCUT2D eigenvalue weighted by molar-refractivity contribution is 0.102. The number of nitrogens with one attached hydrogen (secondary N) is 1. The van der Waals surface area contributed by atoms with Crippen molar-refractivity contribution in [1.82, 2.24) is 20.0 Å². The minimum Gasteiger partial charge on any atom is -0.463 e. The van der Waals surface area contributed by atoms with Gasteiger partial charge in [-0.1, -0.05) is 12.1 Å². The molecule has 5 rings (SSSR count). The predicted molar refractivity (Wildman–Crippen MR) is 118 cm³/mol. The molecule has 0 radical (unpaired) electrons. The number of rotatable bonds is 5. The Kier molecular flexibility index (Phi) is 5.29. The van der Waals surface area contributed by atoms with E-state index in [0.717, 1.165) is 31.2 Å². The maximum absolute atomic E-state index is 13.2. The molecule has 0 aromatic carbocycles. The van der Waals surface area contributed by atoms with E-state index in [-0.39, 0.29) is 5.91 Å². The van der Waals surface area contributed by atoms with Crippen LogP contribution >= 0.6 is 11.3 Å². The molecule has 4 aromatic rings. The van der Waals surface area contributed by atoms with E-state index in [1.54, 1.807) is 31.4 Å². The number of aromatic nitrogens is 3. The summed E-state index contributed by atoms with van der Waals surface area (Å²) in [4.78, 5) is 24.6. The van der Waals surface area contributed by atoms with Crippen LogP contribution in [0.25, 0.3) is 22.6 Å². The molecule has 9 heteroatoms. The molecule has 1 fully saturated rings. The Morgan fingerprint density at radius 1 is 1.32 bits per heavy atom. The van der Waals surface area contributed by atoms with Gasteiger partial charge in [0.15, 0.2) is 10.9 Å². The molecule has 4 aromatic heterocycles. The van der Waals surface area contributed by atoms with Crippen LogP contribution in [0, 0.1) is 12.8 Å². The third kappa shape index (κ3) is 4.11. The Morgan fingerprint density at radius 3 is 2.94 bits per heavy atom. The van der Waals surface area contributed by atoms with Crippen LogP contribution in [-0.2, 0) is 6.54 Å². The van der Waals surface area contributed by atoms with Gasteiger partial charge in [0.05, 0.1) is 28.6 Å². The van der Waals surface area contributed by atoms with Crippen LogP contribution in [0.4, 0.5) is 5.13 Å². The molecule has 1 saturated heterocycles. The molecule has 0 aliphatic carbocycles. The summed E-state index contributed by atoms with van der Waals surface area (Å²) in [6.45, 7) is 7.09. The molecule has 1 aliphatic rings. The first kappa shape index (κ1) is 19.9.